The monoisotopic (exact) mass is 260 g/mol. The molecule has 6 heteroatoms. The Morgan fingerprint density at radius 3 is 2.88 bits per heavy atom. The van der Waals surface area contributed by atoms with Crippen LogP contribution >= 0.6 is 11.3 Å². The van der Waals surface area contributed by atoms with E-state index >= 15 is 0 Å². The number of nitrogens with one attached hydrogen (secondary N) is 1. The summed E-state index contributed by atoms with van der Waals surface area (Å²) in [4.78, 5) is 12.5. The van der Waals surface area contributed by atoms with Crippen LogP contribution in [0.15, 0.2) is 17.5 Å². The molecule has 3 N–H and O–H groups in total. The molecule has 0 radical (unpaired) electrons. The lowest BCUT2D eigenvalue weighted by atomic mass is 10.2. The molecule has 1 aromatic rings. The molecule has 0 saturated heterocycles. The van der Waals surface area contributed by atoms with Gasteiger partial charge in [-0.2, -0.15) is 0 Å². The number of nitrogens with two attached hydrogens (primary N) is 1. The van der Waals surface area contributed by atoms with Gasteiger partial charge < -0.3 is 11.1 Å². The molecule has 3 atom stereocenters. The van der Waals surface area contributed by atoms with Gasteiger partial charge in [0.2, 0.25) is 5.91 Å². The molecular formula is C10H16N2O2S2. The molecule has 1 rings (SSSR count). The number of hydrogen-bond acceptors (Lipinski definition) is 4. The molecule has 4 nitrogen and oxygen atoms in total. The maximum atomic E-state index is 11.6. The first-order valence-electron chi connectivity index (χ1n) is 4.91. The predicted octanol–water partition coefficient (Wildman–Crippen LogP) is 0.631. The molecule has 0 fully saturated rings. The highest BCUT2D eigenvalue weighted by Crippen LogP contribution is 2.16. The van der Waals surface area contributed by atoms with E-state index in [-0.39, 0.29) is 11.2 Å². The average molecular weight is 260 g/mol. The molecule has 90 valence electrons. The van der Waals surface area contributed by atoms with E-state index < -0.39 is 16.8 Å². The van der Waals surface area contributed by atoms with Crippen LogP contribution in [-0.2, 0) is 15.6 Å². The van der Waals surface area contributed by atoms with E-state index in [1.807, 2.05) is 24.4 Å². The lowest BCUT2D eigenvalue weighted by Gasteiger charge is -2.13. The largest absolute Gasteiger partial charge is 0.353 e. The van der Waals surface area contributed by atoms with Crippen LogP contribution in [0.4, 0.5) is 0 Å². The van der Waals surface area contributed by atoms with E-state index in [2.05, 4.69) is 5.32 Å². The third-order valence-electron chi connectivity index (χ3n) is 2.26. The Morgan fingerprint density at radius 1 is 1.69 bits per heavy atom. The van der Waals surface area contributed by atoms with Gasteiger partial charge in [0.25, 0.3) is 0 Å². The van der Waals surface area contributed by atoms with Crippen molar-refractivity contribution in [2.24, 2.45) is 5.73 Å². The SMILES string of the molecule is CC(CNC(=O)C(N)c1cccs1)S(C)=O. The van der Waals surface area contributed by atoms with Crippen molar-refractivity contribution in [3.8, 4) is 0 Å². The number of carbonyl (C=O) groups is 1. The minimum absolute atomic E-state index is 0.0560. The molecule has 0 spiro atoms. The molecule has 0 bridgehead atoms. The van der Waals surface area contributed by atoms with Crippen LogP contribution in [0.2, 0.25) is 0 Å². The maximum Gasteiger partial charge on any atom is 0.242 e. The minimum atomic E-state index is -0.930. The van der Waals surface area contributed by atoms with Crippen molar-refractivity contribution in [2.75, 3.05) is 12.8 Å². The molecule has 16 heavy (non-hydrogen) atoms. The van der Waals surface area contributed by atoms with Crippen molar-refractivity contribution < 1.29 is 9.00 Å². The number of amides is 1. The first-order valence-corrected chi connectivity index (χ1v) is 7.41. The standard InChI is InChI=1S/C10H16N2O2S2/c1-7(16(2)14)6-12-10(13)9(11)8-4-3-5-15-8/h3-5,7,9H,6,11H2,1-2H3,(H,12,13). The molecule has 1 heterocycles. The second-order valence-electron chi connectivity index (χ2n) is 3.55. The highest BCUT2D eigenvalue weighted by Gasteiger charge is 2.17. The fourth-order valence-electron chi connectivity index (χ4n) is 1.07. The normalized spacial score (nSPS) is 16.4. The summed E-state index contributed by atoms with van der Waals surface area (Å²) in [5.41, 5.74) is 5.77. The quantitative estimate of drug-likeness (QED) is 0.815. The van der Waals surface area contributed by atoms with E-state index in [1.54, 1.807) is 6.26 Å². The van der Waals surface area contributed by atoms with Gasteiger partial charge >= 0.3 is 0 Å². The van der Waals surface area contributed by atoms with E-state index in [9.17, 15) is 9.00 Å². The van der Waals surface area contributed by atoms with Crippen LogP contribution in [0, 0.1) is 0 Å². The number of carbonyl (C=O) groups excluding carboxylic acids is 1. The summed E-state index contributed by atoms with van der Waals surface area (Å²) in [6.45, 7) is 2.22. The zero-order chi connectivity index (χ0) is 12.1. The van der Waals surface area contributed by atoms with E-state index in [4.69, 9.17) is 5.73 Å². The average Bonchev–Trinajstić information content (AvgIpc) is 2.77. The Hall–Kier alpha value is -0.720. The lowest BCUT2D eigenvalue weighted by molar-refractivity contribution is -0.122. The number of thiophene rings is 1. The molecule has 1 aromatic heterocycles. The lowest BCUT2D eigenvalue weighted by Crippen LogP contribution is -2.38. The van der Waals surface area contributed by atoms with Crippen molar-refractivity contribution in [3.05, 3.63) is 22.4 Å². The van der Waals surface area contributed by atoms with Crippen molar-refractivity contribution in [1.29, 1.82) is 0 Å². The second-order valence-corrected chi connectivity index (χ2v) is 6.33. The van der Waals surface area contributed by atoms with E-state index in [0.717, 1.165) is 4.88 Å². The fraction of sp³-hybridized carbons (Fsp3) is 0.500. The van der Waals surface area contributed by atoms with Crippen LogP contribution in [-0.4, -0.2) is 28.2 Å². The van der Waals surface area contributed by atoms with Gasteiger partial charge in [0.05, 0.1) is 0 Å². The molecule has 0 aliphatic carbocycles. The summed E-state index contributed by atoms with van der Waals surface area (Å²) in [6.07, 6.45) is 1.62. The van der Waals surface area contributed by atoms with Crippen molar-refractivity contribution >= 4 is 28.0 Å². The van der Waals surface area contributed by atoms with Gasteiger partial charge in [0.15, 0.2) is 0 Å². The van der Waals surface area contributed by atoms with Gasteiger partial charge in [-0.3, -0.25) is 9.00 Å². The van der Waals surface area contributed by atoms with E-state index in [1.165, 1.54) is 11.3 Å². The van der Waals surface area contributed by atoms with Gasteiger partial charge in [-0.05, 0) is 18.4 Å². The minimum Gasteiger partial charge on any atom is -0.353 e. The molecule has 0 aromatic carbocycles. The summed E-state index contributed by atoms with van der Waals surface area (Å²) in [5, 5.41) is 4.53. The fourth-order valence-corrected chi connectivity index (χ4v) is 2.11. The van der Waals surface area contributed by atoms with Gasteiger partial charge in [-0.15, -0.1) is 11.3 Å². The van der Waals surface area contributed by atoms with Crippen LogP contribution in [0.1, 0.15) is 17.8 Å². The second kappa shape index (κ2) is 6.12. The molecule has 1 amide bonds. The van der Waals surface area contributed by atoms with Crippen LogP contribution < -0.4 is 11.1 Å². The summed E-state index contributed by atoms with van der Waals surface area (Å²) < 4.78 is 11.1. The third-order valence-corrected chi connectivity index (χ3v) is 4.52. The molecule has 3 unspecified atom stereocenters. The Bertz CT molecular complexity index is 365. The Labute approximate surface area is 102 Å². The Balaban J connectivity index is 2.44. The highest BCUT2D eigenvalue weighted by molar-refractivity contribution is 7.84. The van der Waals surface area contributed by atoms with Crippen molar-refractivity contribution in [2.45, 2.75) is 18.2 Å². The molecular weight excluding hydrogens is 244 g/mol. The molecule has 0 saturated carbocycles. The molecule has 0 aliphatic rings. The van der Waals surface area contributed by atoms with Crippen LogP contribution in [0.5, 0.6) is 0 Å². The van der Waals surface area contributed by atoms with Crippen molar-refractivity contribution in [3.63, 3.8) is 0 Å². The zero-order valence-corrected chi connectivity index (χ0v) is 10.9. The summed E-state index contributed by atoms with van der Waals surface area (Å²) in [6, 6.07) is 3.06. The number of rotatable bonds is 5. The Morgan fingerprint density at radius 2 is 2.38 bits per heavy atom. The zero-order valence-electron chi connectivity index (χ0n) is 9.30. The van der Waals surface area contributed by atoms with Crippen LogP contribution in [0.25, 0.3) is 0 Å². The topological polar surface area (TPSA) is 72.2 Å². The first kappa shape index (κ1) is 13.3. The summed E-state index contributed by atoms with van der Waals surface area (Å²) >= 11 is 1.45. The summed E-state index contributed by atoms with van der Waals surface area (Å²) in [5.74, 6) is -0.222. The highest BCUT2D eigenvalue weighted by atomic mass is 32.2. The van der Waals surface area contributed by atoms with Crippen LogP contribution in [0.3, 0.4) is 0 Å². The third kappa shape index (κ3) is 3.70. The van der Waals surface area contributed by atoms with Gasteiger partial charge in [0, 0.05) is 33.7 Å². The molecule has 0 aliphatic heterocycles. The summed E-state index contributed by atoms with van der Waals surface area (Å²) in [7, 11) is -0.930. The first-order chi connectivity index (χ1) is 7.52. The van der Waals surface area contributed by atoms with Gasteiger partial charge in [-0.1, -0.05) is 6.07 Å². The van der Waals surface area contributed by atoms with E-state index in [0.29, 0.717) is 6.54 Å². The van der Waals surface area contributed by atoms with Gasteiger partial charge in [-0.25, -0.2) is 0 Å². The maximum absolute atomic E-state index is 11.6. The van der Waals surface area contributed by atoms with Gasteiger partial charge in [0.1, 0.15) is 6.04 Å². The smallest absolute Gasteiger partial charge is 0.242 e. The number of hydrogen-bond donors (Lipinski definition) is 2. The predicted molar refractivity (Wildman–Crippen MR) is 67.8 cm³/mol. The van der Waals surface area contributed by atoms with Crippen molar-refractivity contribution in [1.82, 2.24) is 5.32 Å². The Kier molecular flexibility index (Phi) is 5.11.